The number of aromatic nitrogens is 3. The van der Waals surface area contributed by atoms with E-state index in [4.69, 9.17) is 24.1 Å². The van der Waals surface area contributed by atoms with Crippen LogP contribution in [0.25, 0.3) is 11.0 Å². The molecule has 0 bridgehead atoms. The van der Waals surface area contributed by atoms with Crippen LogP contribution in [0.15, 0.2) is 42.9 Å². The van der Waals surface area contributed by atoms with Crippen LogP contribution in [0.3, 0.4) is 0 Å². The number of hydrogen-bond donors (Lipinski definition) is 1. The van der Waals surface area contributed by atoms with Crippen molar-refractivity contribution < 1.29 is 28.8 Å². The third kappa shape index (κ3) is 4.76. The topological polar surface area (TPSA) is 108 Å². The first kappa shape index (κ1) is 24.5. The van der Waals surface area contributed by atoms with Crippen molar-refractivity contribution >= 4 is 22.8 Å². The van der Waals surface area contributed by atoms with Crippen LogP contribution < -0.4 is 9.64 Å². The lowest BCUT2D eigenvalue weighted by atomic mass is 10.1. The summed E-state index contributed by atoms with van der Waals surface area (Å²) in [6.45, 7) is 4.46. The lowest BCUT2D eigenvalue weighted by molar-refractivity contribution is -0.163. The van der Waals surface area contributed by atoms with E-state index in [1.165, 1.54) is 0 Å². The van der Waals surface area contributed by atoms with Crippen LogP contribution in [-0.4, -0.2) is 71.0 Å². The fourth-order valence-corrected chi connectivity index (χ4v) is 5.40. The predicted molar refractivity (Wildman–Crippen MR) is 132 cm³/mol. The molecule has 2 aliphatic rings. The Morgan fingerprint density at radius 2 is 1.94 bits per heavy atom. The summed E-state index contributed by atoms with van der Waals surface area (Å²) in [4.78, 5) is 22.2. The summed E-state index contributed by atoms with van der Waals surface area (Å²) < 4.78 is 25.4. The predicted octanol–water partition coefficient (Wildman–Crippen LogP) is 3.26. The number of hydrogen-bond acceptors (Lipinski definition) is 8. The first-order valence-electron chi connectivity index (χ1n) is 12.1. The van der Waals surface area contributed by atoms with Crippen molar-refractivity contribution in [2.45, 2.75) is 50.8 Å². The smallest absolute Gasteiger partial charge is 0.329 e. The molecule has 5 rings (SSSR count). The highest BCUT2D eigenvalue weighted by molar-refractivity contribution is 5.87. The zero-order chi connectivity index (χ0) is 25.4. The van der Waals surface area contributed by atoms with Gasteiger partial charge in [-0.1, -0.05) is 12.1 Å². The van der Waals surface area contributed by atoms with Crippen LogP contribution in [-0.2, 0) is 25.5 Å². The molecule has 0 unspecified atom stereocenters. The molecule has 2 fully saturated rings. The first-order valence-corrected chi connectivity index (χ1v) is 12.1. The minimum absolute atomic E-state index is 0.0117. The summed E-state index contributed by atoms with van der Waals surface area (Å²) in [6, 6.07) is 10.0. The second kappa shape index (κ2) is 9.68. The number of carboxylic acids is 1. The van der Waals surface area contributed by atoms with Gasteiger partial charge in [0, 0.05) is 25.7 Å². The maximum atomic E-state index is 10.9. The maximum absolute atomic E-state index is 10.9. The monoisotopic (exact) mass is 496 g/mol. The Morgan fingerprint density at radius 1 is 1.19 bits per heavy atom. The highest BCUT2D eigenvalue weighted by atomic mass is 16.8. The third-order valence-corrected chi connectivity index (χ3v) is 6.90. The number of methoxy groups -OCH3 is 1. The number of anilines is 1. The van der Waals surface area contributed by atoms with Gasteiger partial charge in [0.05, 0.1) is 31.2 Å². The Kier molecular flexibility index (Phi) is 6.59. The van der Waals surface area contributed by atoms with E-state index < -0.39 is 11.8 Å². The molecule has 10 nitrogen and oxygen atoms in total. The quantitative estimate of drug-likeness (QED) is 0.477. The molecule has 2 aromatic heterocycles. The molecule has 36 heavy (non-hydrogen) atoms. The lowest BCUT2D eigenvalue weighted by Gasteiger charge is -2.24. The molecule has 3 aromatic rings. The van der Waals surface area contributed by atoms with Gasteiger partial charge in [-0.15, -0.1) is 0 Å². The average Bonchev–Trinajstić information content (AvgIpc) is 3.50. The number of ether oxygens (including phenoxy) is 4. The van der Waals surface area contributed by atoms with E-state index in [0.29, 0.717) is 13.2 Å². The molecule has 1 aliphatic carbocycles. The number of fused-ring (bicyclic) bond motifs is 2. The number of aliphatic carboxylic acids is 1. The molecule has 1 aliphatic heterocycles. The summed E-state index contributed by atoms with van der Waals surface area (Å²) in [5, 5.41) is 9.91. The fourth-order valence-electron chi connectivity index (χ4n) is 5.40. The Morgan fingerprint density at radius 3 is 2.67 bits per heavy atom. The minimum Gasteiger partial charge on any atom is -0.497 e. The van der Waals surface area contributed by atoms with Crippen LogP contribution in [0.2, 0.25) is 0 Å². The van der Waals surface area contributed by atoms with Gasteiger partial charge in [0.25, 0.3) is 0 Å². The molecule has 192 valence electrons. The van der Waals surface area contributed by atoms with Gasteiger partial charge >= 0.3 is 5.97 Å². The van der Waals surface area contributed by atoms with E-state index in [-0.39, 0.29) is 30.8 Å². The van der Waals surface area contributed by atoms with Crippen molar-refractivity contribution in [3.63, 3.8) is 0 Å². The second-order valence-corrected chi connectivity index (χ2v) is 9.90. The van der Waals surface area contributed by atoms with E-state index in [9.17, 15) is 4.79 Å². The third-order valence-electron chi connectivity index (χ3n) is 6.90. The number of rotatable bonds is 9. The summed E-state index contributed by atoms with van der Waals surface area (Å²) in [5.41, 5.74) is 1.97. The lowest BCUT2D eigenvalue weighted by Crippen LogP contribution is -2.28. The zero-order valence-corrected chi connectivity index (χ0v) is 21.0. The summed E-state index contributed by atoms with van der Waals surface area (Å²) >= 11 is 0. The molecule has 0 amide bonds. The molecule has 1 saturated carbocycles. The van der Waals surface area contributed by atoms with Gasteiger partial charge in [0.2, 0.25) is 0 Å². The van der Waals surface area contributed by atoms with Crippen LogP contribution in [0, 0.1) is 5.92 Å². The highest BCUT2D eigenvalue weighted by Crippen LogP contribution is 2.48. The van der Waals surface area contributed by atoms with Crippen molar-refractivity contribution in [1.29, 1.82) is 0 Å². The van der Waals surface area contributed by atoms with Gasteiger partial charge < -0.3 is 33.5 Å². The van der Waals surface area contributed by atoms with Gasteiger partial charge in [-0.25, -0.2) is 14.8 Å². The van der Waals surface area contributed by atoms with Crippen LogP contribution in [0.1, 0.15) is 31.9 Å². The van der Waals surface area contributed by atoms with E-state index in [1.54, 1.807) is 13.4 Å². The fraction of sp³-hybridized carbons (Fsp3) is 0.500. The number of nitrogens with zero attached hydrogens (tertiary/aromatic N) is 4. The molecule has 10 heteroatoms. The van der Waals surface area contributed by atoms with E-state index in [1.807, 2.05) is 57.4 Å². The number of carbonyl (C=O) groups is 1. The van der Waals surface area contributed by atoms with Gasteiger partial charge in [-0.2, -0.15) is 0 Å². The van der Waals surface area contributed by atoms with Crippen molar-refractivity contribution in [3.8, 4) is 5.75 Å². The van der Waals surface area contributed by atoms with Gasteiger partial charge in [-0.3, -0.25) is 0 Å². The summed E-state index contributed by atoms with van der Waals surface area (Å²) in [7, 11) is 3.67. The first-order chi connectivity index (χ1) is 17.3. The van der Waals surface area contributed by atoms with Crippen molar-refractivity contribution in [2.24, 2.45) is 5.92 Å². The Balaban J connectivity index is 1.40. The molecule has 4 atom stereocenters. The molecule has 0 radical (unpaired) electrons. The molecular formula is C26H32N4O6. The highest BCUT2D eigenvalue weighted by Gasteiger charge is 2.54. The largest absolute Gasteiger partial charge is 0.497 e. The molecular weight excluding hydrogens is 464 g/mol. The second-order valence-electron chi connectivity index (χ2n) is 9.90. The van der Waals surface area contributed by atoms with Gasteiger partial charge in [0.15, 0.2) is 5.79 Å². The standard InChI is InChI=1S/C26H32N4O6/c1-26(2)35-22-17(13-34-14-21(31)32)11-20(23(22)36-26)30-10-9-19-24(27-15-28-25(19)30)29(3)12-16-5-7-18(33-4)8-6-16/h5-10,15,17,20,22-23H,11-14H2,1-4H3,(H,31,32)/t17-,20-,22-,23+/m1/s1. The normalized spacial score (nSPS) is 24.7. The SMILES string of the molecule is COc1ccc(CN(C)c2ncnc3c2ccn3[C@@H]2C[C@H](COCC(=O)O)[C@H]3OC(C)(C)O[C@H]32)cc1. The van der Waals surface area contributed by atoms with Crippen molar-refractivity contribution in [3.05, 3.63) is 48.4 Å². The Hall–Kier alpha value is -3.21. The number of benzene rings is 1. The average molecular weight is 497 g/mol. The molecule has 1 N–H and O–H groups in total. The van der Waals surface area contributed by atoms with E-state index in [0.717, 1.165) is 34.6 Å². The van der Waals surface area contributed by atoms with E-state index >= 15 is 0 Å². The molecule has 0 spiro atoms. The van der Waals surface area contributed by atoms with Gasteiger partial charge in [-0.05, 0) is 44.0 Å². The van der Waals surface area contributed by atoms with Crippen LogP contribution in [0.5, 0.6) is 5.75 Å². The molecule has 1 aromatic carbocycles. The van der Waals surface area contributed by atoms with Gasteiger partial charge in [0.1, 0.15) is 36.3 Å². The number of carboxylic acid groups (broad SMARTS) is 1. The maximum Gasteiger partial charge on any atom is 0.329 e. The Bertz CT molecular complexity index is 1230. The van der Waals surface area contributed by atoms with Crippen LogP contribution in [0.4, 0.5) is 5.82 Å². The summed E-state index contributed by atoms with van der Waals surface area (Å²) in [5.74, 6) is -0.0251. The Labute approximate surface area is 209 Å². The van der Waals surface area contributed by atoms with Crippen molar-refractivity contribution in [1.82, 2.24) is 14.5 Å². The summed E-state index contributed by atoms with van der Waals surface area (Å²) in [6.07, 6.45) is 3.98. The minimum atomic E-state index is -0.982. The molecule has 1 saturated heterocycles. The van der Waals surface area contributed by atoms with E-state index in [2.05, 4.69) is 19.4 Å². The van der Waals surface area contributed by atoms with Crippen LogP contribution >= 0.6 is 0 Å². The van der Waals surface area contributed by atoms with Crippen molar-refractivity contribution in [2.75, 3.05) is 32.3 Å². The zero-order valence-electron chi connectivity index (χ0n) is 21.0. The molecule has 3 heterocycles.